The van der Waals surface area contributed by atoms with Gasteiger partial charge in [0.15, 0.2) is 0 Å². The SMILES string of the molecule is CCNC(C)c1cccc(OC(C)C)c1. The van der Waals surface area contributed by atoms with Gasteiger partial charge < -0.3 is 10.1 Å². The molecule has 1 N–H and O–H groups in total. The van der Waals surface area contributed by atoms with Crippen LogP contribution in [0.4, 0.5) is 0 Å². The van der Waals surface area contributed by atoms with Crippen LogP contribution in [-0.4, -0.2) is 12.6 Å². The van der Waals surface area contributed by atoms with Gasteiger partial charge in [-0.3, -0.25) is 0 Å². The van der Waals surface area contributed by atoms with E-state index in [2.05, 4.69) is 31.3 Å². The molecule has 0 amide bonds. The second-order valence-corrected chi connectivity index (χ2v) is 4.02. The summed E-state index contributed by atoms with van der Waals surface area (Å²) in [5.74, 6) is 0.951. The summed E-state index contributed by atoms with van der Waals surface area (Å²) in [5, 5.41) is 3.39. The molecule has 0 aromatic heterocycles. The summed E-state index contributed by atoms with van der Waals surface area (Å²) in [7, 11) is 0. The minimum Gasteiger partial charge on any atom is -0.491 e. The molecule has 0 heterocycles. The molecule has 1 unspecified atom stereocenters. The van der Waals surface area contributed by atoms with Crippen molar-refractivity contribution >= 4 is 0 Å². The standard InChI is InChI=1S/C13H21NO/c1-5-14-11(4)12-7-6-8-13(9-12)15-10(2)3/h6-11,14H,5H2,1-4H3. The van der Waals surface area contributed by atoms with Gasteiger partial charge in [-0.1, -0.05) is 19.1 Å². The fourth-order valence-electron chi connectivity index (χ4n) is 1.55. The average molecular weight is 207 g/mol. The van der Waals surface area contributed by atoms with Crippen molar-refractivity contribution in [2.45, 2.75) is 39.8 Å². The zero-order valence-corrected chi connectivity index (χ0v) is 10.1. The van der Waals surface area contributed by atoms with E-state index in [-0.39, 0.29) is 6.10 Å². The van der Waals surface area contributed by atoms with Gasteiger partial charge in [0.2, 0.25) is 0 Å². The maximum Gasteiger partial charge on any atom is 0.120 e. The van der Waals surface area contributed by atoms with E-state index in [1.54, 1.807) is 0 Å². The van der Waals surface area contributed by atoms with Crippen LogP contribution in [0.15, 0.2) is 24.3 Å². The van der Waals surface area contributed by atoms with Gasteiger partial charge >= 0.3 is 0 Å². The lowest BCUT2D eigenvalue weighted by molar-refractivity contribution is 0.242. The third-order valence-corrected chi connectivity index (χ3v) is 2.24. The van der Waals surface area contributed by atoms with Crippen molar-refractivity contribution in [2.24, 2.45) is 0 Å². The largest absolute Gasteiger partial charge is 0.491 e. The first-order valence-electron chi connectivity index (χ1n) is 5.63. The Bertz CT molecular complexity index is 296. The summed E-state index contributed by atoms with van der Waals surface area (Å²) in [6.07, 6.45) is 0.231. The molecule has 0 radical (unpaired) electrons. The van der Waals surface area contributed by atoms with E-state index >= 15 is 0 Å². The zero-order valence-electron chi connectivity index (χ0n) is 10.1. The lowest BCUT2D eigenvalue weighted by atomic mass is 10.1. The van der Waals surface area contributed by atoms with E-state index in [0.29, 0.717) is 6.04 Å². The van der Waals surface area contributed by atoms with Crippen molar-refractivity contribution in [3.05, 3.63) is 29.8 Å². The van der Waals surface area contributed by atoms with Crippen molar-refractivity contribution < 1.29 is 4.74 Å². The lowest BCUT2D eigenvalue weighted by Crippen LogP contribution is -2.17. The van der Waals surface area contributed by atoms with Gasteiger partial charge in [0, 0.05) is 6.04 Å². The summed E-state index contributed by atoms with van der Waals surface area (Å²) in [4.78, 5) is 0. The molecule has 1 rings (SSSR count). The Morgan fingerprint density at radius 1 is 1.27 bits per heavy atom. The fourth-order valence-corrected chi connectivity index (χ4v) is 1.55. The number of nitrogens with one attached hydrogen (secondary N) is 1. The average Bonchev–Trinajstić information content (AvgIpc) is 2.17. The summed E-state index contributed by atoms with van der Waals surface area (Å²) in [5.41, 5.74) is 1.27. The normalized spacial score (nSPS) is 12.9. The summed E-state index contributed by atoms with van der Waals surface area (Å²) < 4.78 is 5.66. The van der Waals surface area contributed by atoms with Crippen LogP contribution in [0, 0.1) is 0 Å². The van der Waals surface area contributed by atoms with Gasteiger partial charge in [-0.05, 0) is 45.0 Å². The second kappa shape index (κ2) is 5.76. The van der Waals surface area contributed by atoms with Crippen LogP contribution >= 0.6 is 0 Å². The van der Waals surface area contributed by atoms with Gasteiger partial charge in [-0.2, -0.15) is 0 Å². The van der Waals surface area contributed by atoms with E-state index in [0.717, 1.165) is 12.3 Å². The molecule has 0 bridgehead atoms. The van der Waals surface area contributed by atoms with E-state index < -0.39 is 0 Å². The van der Waals surface area contributed by atoms with Crippen LogP contribution in [0.5, 0.6) is 5.75 Å². The topological polar surface area (TPSA) is 21.3 Å². The zero-order chi connectivity index (χ0) is 11.3. The maximum atomic E-state index is 5.66. The fraction of sp³-hybridized carbons (Fsp3) is 0.538. The summed E-state index contributed by atoms with van der Waals surface area (Å²) in [6.45, 7) is 9.35. The summed E-state index contributed by atoms with van der Waals surface area (Å²) in [6, 6.07) is 8.65. The Balaban J connectivity index is 2.73. The highest BCUT2D eigenvalue weighted by atomic mass is 16.5. The highest BCUT2D eigenvalue weighted by molar-refractivity contribution is 5.30. The Kier molecular flexibility index (Phi) is 4.63. The maximum absolute atomic E-state index is 5.66. The smallest absolute Gasteiger partial charge is 0.120 e. The monoisotopic (exact) mass is 207 g/mol. The predicted molar refractivity (Wildman–Crippen MR) is 64.3 cm³/mol. The van der Waals surface area contributed by atoms with Crippen molar-refractivity contribution in [1.82, 2.24) is 5.32 Å². The number of rotatable bonds is 5. The predicted octanol–water partition coefficient (Wildman–Crippen LogP) is 3.14. The molecule has 0 aliphatic heterocycles. The Hall–Kier alpha value is -1.02. The molecule has 1 aromatic rings. The highest BCUT2D eigenvalue weighted by Crippen LogP contribution is 2.19. The van der Waals surface area contributed by atoms with Crippen LogP contribution in [0.2, 0.25) is 0 Å². The van der Waals surface area contributed by atoms with Gasteiger partial charge in [-0.15, -0.1) is 0 Å². The minimum absolute atomic E-state index is 0.231. The molecule has 2 heteroatoms. The molecule has 15 heavy (non-hydrogen) atoms. The van der Waals surface area contributed by atoms with Crippen LogP contribution in [-0.2, 0) is 0 Å². The minimum atomic E-state index is 0.231. The number of hydrogen-bond acceptors (Lipinski definition) is 2. The Morgan fingerprint density at radius 3 is 2.60 bits per heavy atom. The van der Waals surface area contributed by atoms with E-state index in [4.69, 9.17) is 4.74 Å². The van der Waals surface area contributed by atoms with Crippen molar-refractivity contribution in [2.75, 3.05) is 6.54 Å². The molecule has 1 aromatic carbocycles. The molecule has 1 atom stereocenters. The molecule has 0 aliphatic rings. The first-order chi connectivity index (χ1) is 7.13. The van der Waals surface area contributed by atoms with Gasteiger partial charge in [0.1, 0.15) is 5.75 Å². The van der Waals surface area contributed by atoms with Crippen molar-refractivity contribution in [3.8, 4) is 5.75 Å². The van der Waals surface area contributed by atoms with E-state index in [1.165, 1.54) is 5.56 Å². The lowest BCUT2D eigenvalue weighted by Gasteiger charge is -2.15. The third-order valence-electron chi connectivity index (χ3n) is 2.24. The highest BCUT2D eigenvalue weighted by Gasteiger charge is 2.05. The molecule has 0 aliphatic carbocycles. The first-order valence-corrected chi connectivity index (χ1v) is 5.63. The number of benzene rings is 1. The van der Waals surface area contributed by atoms with Crippen LogP contribution in [0.3, 0.4) is 0 Å². The molecular weight excluding hydrogens is 186 g/mol. The van der Waals surface area contributed by atoms with Gasteiger partial charge in [0.05, 0.1) is 6.10 Å². The second-order valence-electron chi connectivity index (χ2n) is 4.02. The molecule has 84 valence electrons. The van der Waals surface area contributed by atoms with Crippen LogP contribution in [0.25, 0.3) is 0 Å². The van der Waals surface area contributed by atoms with Gasteiger partial charge in [0.25, 0.3) is 0 Å². The van der Waals surface area contributed by atoms with E-state index in [9.17, 15) is 0 Å². The third kappa shape index (κ3) is 3.92. The Labute approximate surface area is 92.6 Å². The quantitative estimate of drug-likeness (QED) is 0.801. The summed E-state index contributed by atoms with van der Waals surface area (Å²) >= 11 is 0. The van der Waals surface area contributed by atoms with Crippen molar-refractivity contribution in [1.29, 1.82) is 0 Å². The molecule has 0 saturated heterocycles. The molecule has 0 saturated carbocycles. The van der Waals surface area contributed by atoms with E-state index in [1.807, 2.05) is 26.0 Å². The van der Waals surface area contributed by atoms with Crippen LogP contribution in [0.1, 0.15) is 39.3 Å². The van der Waals surface area contributed by atoms with Gasteiger partial charge in [-0.25, -0.2) is 0 Å². The molecule has 2 nitrogen and oxygen atoms in total. The number of ether oxygens (including phenoxy) is 1. The molecular formula is C13H21NO. The number of hydrogen-bond donors (Lipinski definition) is 1. The Morgan fingerprint density at radius 2 is 2.00 bits per heavy atom. The molecule has 0 spiro atoms. The van der Waals surface area contributed by atoms with Crippen molar-refractivity contribution in [3.63, 3.8) is 0 Å². The van der Waals surface area contributed by atoms with Crippen LogP contribution < -0.4 is 10.1 Å². The molecule has 0 fully saturated rings. The first kappa shape index (κ1) is 12.1.